The summed E-state index contributed by atoms with van der Waals surface area (Å²) in [4.78, 5) is 6.05. The number of hydrogen-bond acceptors (Lipinski definition) is 7. The first kappa shape index (κ1) is 36.0. The quantitative estimate of drug-likeness (QED) is 0.125. The molecule has 7 nitrogen and oxygen atoms in total. The monoisotopic (exact) mass is 636 g/mol. The standard InChI is InChI=1S/C22H30N2O2S.C12H26O3S/c1-25-18-7-15-27-19(18)16-23-13-10-21(20-6-2-5-12-24-20)11-14-26-22(17-21)8-3-4-9-22;1-2-3-4-5-6-7-8-9-10-11-12-16(13,14)15/h2,5-7,12,15,23H,3-4,8-11,13-14,16-17H2,1H3;2-12H2,1H3,(H,13,14,15)/t21-;/m1./s1. The Morgan fingerprint density at radius 2 is 1.70 bits per heavy atom. The minimum atomic E-state index is -3.73. The summed E-state index contributed by atoms with van der Waals surface area (Å²) in [6, 6.07) is 8.41. The highest BCUT2D eigenvalue weighted by Crippen LogP contribution is 2.49. The van der Waals surface area contributed by atoms with Gasteiger partial charge in [-0.2, -0.15) is 8.42 Å². The molecule has 0 amide bonds. The molecule has 2 aromatic heterocycles. The molecule has 0 aromatic carbocycles. The zero-order chi connectivity index (χ0) is 30.9. The van der Waals surface area contributed by atoms with Gasteiger partial charge in [0.1, 0.15) is 5.75 Å². The summed E-state index contributed by atoms with van der Waals surface area (Å²) in [5.74, 6) is 0.909. The Balaban J connectivity index is 0.000000273. The molecule has 9 heteroatoms. The fraction of sp³-hybridized carbons (Fsp3) is 0.735. The van der Waals surface area contributed by atoms with Crippen LogP contribution in [0.2, 0.25) is 0 Å². The first-order valence-corrected chi connectivity index (χ1v) is 19.1. The van der Waals surface area contributed by atoms with Crippen molar-refractivity contribution >= 4 is 21.5 Å². The van der Waals surface area contributed by atoms with Crippen molar-refractivity contribution in [1.82, 2.24) is 10.3 Å². The van der Waals surface area contributed by atoms with Gasteiger partial charge >= 0.3 is 0 Å². The lowest BCUT2D eigenvalue weighted by molar-refractivity contribution is -0.104. The van der Waals surface area contributed by atoms with E-state index >= 15 is 0 Å². The molecule has 1 aliphatic heterocycles. The van der Waals surface area contributed by atoms with Gasteiger partial charge in [0.05, 0.1) is 23.3 Å². The number of ether oxygens (including phenoxy) is 2. The maximum Gasteiger partial charge on any atom is 0.264 e. The number of methoxy groups -OCH3 is 1. The lowest BCUT2D eigenvalue weighted by atomic mass is 9.68. The van der Waals surface area contributed by atoms with E-state index in [0.717, 1.165) is 57.6 Å². The average Bonchev–Trinajstić information content (AvgIpc) is 3.66. The summed E-state index contributed by atoms with van der Waals surface area (Å²) in [6.07, 6.45) is 21.9. The smallest absolute Gasteiger partial charge is 0.264 e. The molecule has 1 saturated carbocycles. The van der Waals surface area contributed by atoms with Gasteiger partial charge in [-0.15, -0.1) is 11.3 Å². The van der Waals surface area contributed by atoms with Crippen LogP contribution in [0.15, 0.2) is 35.8 Å². The van der Waals surface area contributed by atoms with Crippen molar-refractivity contribution in [1.29, 1.82) is 0 Å². The number of hydrogen-bond donors (Lipinski definition) is 2. The molecular weight excluding hydrogens is 581 g/mol. The SMILES string of the molecule is CCCCCCCCCCCCS(=O)(=O)O.COc1ccsc1CNCC[C@@]1(c2ccccn2)CCOC2(CCCC2)C1. The molecule has 0 bridgehead atoms. The fourth-order valence-electron chi connectivity index (χ4n) is 6.74. The van der Waals surface area contributed by atoms with Crippen molar-refractivity contribution in [2.45, 2.75) is 134 Å². The van der Waals surface area contributed by atoms with E-state index in [1.54, 1.807) is 18.4 Å². The van der Waals surface area contributed by atoms with Crippen LogP contribution in [0.5, 0.6) is 5.75 Å². The molecule has 0 unspecified atom stereocenters. The largest absolute Gasteiger partial charge is 0.496 e. The maximum atomic E-state index is 10.4. The Morgan fingerprint density at radius 1 is 1.00 bits per heavy atom. The highest BCUT2D eigenvalue weighted by molar-refractivity contribution is 7.85. The van der Waals surface area contributed by atoms with Crippen LogP contribution in [-0.2, 0) is 26.8 Å². The lowest BCUT2D eigenvalue weighted by Gasteiger charge is -2.46. The van der Waals surface area contributed by atoms with Gasteiger partial charge in [0.2, 0.25) is 0 Å². The summed E-state index contributed by atoms with van der Waals surface area (Å²) in [5, 5.41) is 5.74. The molecule has 1 spiro atoms. The number of rotatable bonds is 18. The predicted octanol–water partition coefficient (Wildman–Crippen LogP) is 8.49. The number of nitrogens with zero attached hydrogens (tertiary/aromatic N) is 1. The van der Waals surface area contributed by atoms with E-state index in [2.05, 4.69) is 29.8 Å². The second kappa shape index (κ2) is 19.1. The lowest BCUT2D eigenvalue weighted by Crippen LogP contribution is -2.47. The number of unbranched alkanes of at least 4 members (excludes halogenated alkanes) is 9. The molecule has 2 N–H and O–H groups in total. The van der Waals surface area contributed by atoms with Crippen LogP contribution in [0.3, 0.4) is 0 Å². The minimum absolute atomic E-state index is 0.0799. The van der Waals surface area contributed by atoms with Gasteiger partial charge in [-0.3, -0.25) is 9.54 Å². The number of thiophene rings is 1. The highest BCUT2D eigenvalue weighted by atomic mass is 32.2. The third-order valence-corrected chi connectivity index (χ3v) is 10.8. The van der Waals surface area contributed by atoms with Crippen LogP contribution in [0, 0.1) is 0 Å². The highest BCUT2D eigenvalue weighted by Gasteiger charge is 2.48. The van der Waals surface area contributed by atoms with E-state index in [1.165, 1.54) is 81.2 Å². The zero-order valence-corrected chi connectivity index (χ0v) is 28.3. The molecule has 3 heterocycles. The number of pyridine rings is 1. The second-order valence-electron chi connectivity index (χ2n) is 12.5. The summed E-state index contributed by atoms with van der Waals surface area (Å²) < 4.78 is 41.1. The second-order valence-corrected chi connectivity index (χ2v) is 15.0. The normalized spacial score (nSPS) is 19.7. The van der Waals surface area contributed by atoms with Gasteiger partial charge < -0.3 is 14.8 Å². The first-order chi connectivity index (χ1) is 20.8. The molecule has 2 aromatic rings. The van der Waals surface area contributed by atoms with E-state index in [0.29, 0.717) is 6.42 Å². The van der Waals surface area contributed by atoms with Crippen LogP contribution >= 0.6 is 11.3 Å². The zero-order valence-electron chi connectivity index (χ0n) is 26.7. The Morgan fingerprint density at radius 3 is 2.33 bits per heavy atom. The van der Waals surface area contributed by atoms with Crippen molar-refractivity contribution in [3.05, 3.63) is 46.4 Å². The molecule has 1 atom stereocenters. The number of nitrogens with one attached hydrogen (secondary N) is 1. The molecule has 244 valence electrons. The third-order valence-electron chi connectivity index (χ3n) is 9.12. The van der Waals surface area contributed by atoms with Crippen molar-refractivity contribution in [3.8, 4) is 5.75 Å². The third kappa shape index (κ3) is 12.8. The molecule has 0 radical (unpaired) electrons. The van der Waals surface area contributed by atoms with Crippen LogP contribution in [-0.4, -0.2) is 49.6 Å². The van der Waals surface area contributed by atoms with Gasteiger partial charge in [-0.05, 0) is 68.6 Å². The Bertz CT molecular complexity index is 1120. The molecule has 2 aliphatic rings. The van der Waals surface area contributed by atoms with Crippen molar-refractivity contribution in [2.24, 2.45) is 0 Å². The summed E-state index contributed by atoms with van der Waals surface area (Å²) in [7, 11) is -1.99. The summed E-state index contributed by atoms with van der Waals surface area (Å²) >= 11 is 1.75. The first-order valence-electron chi connectivity index (χ1n) is 16.6. The van der Waals surface area contributed by atoms with Gasteiger partial charge in [-0.25, -0.2) is 0 Å². The van der Waals surface area contributed by atoms with Gasteiger partial charge in [0.25, 0.3) is 10.1 Å². The fourth-order valence-corrected chi connectivity index (χ4v) is 8.11. The maximum absolute atomic E-state index is 10.4. The Kier molecular flexibility index (Phi) is 16.0. The van der Waals surface area contributed by atoms with Gasteiger partial charge in [0.15, 0.2) is 0 Å². The molecule has 4 rings (SSSR count). The van der Waals surface area contributed by atoms with Crippen molar-refractivity contribution in [3.63, 3.8) is 0 Å². The topological polar surface area (TPSA) is 97.8 Å². The Labute approximate surface area is 265 Å². The van der Waals surface area contributed by atoms with Crippen molar-refractivity contribution < 1.29 is 22.4 Å². The van der Waals surface area contributed by atoms with Crippen LogP contribution < -0.4 is 10.1 Å². The van der Waals surface area contributed by atoms with Crippen LogP contribution in [0.25, 0.3) is 0 Å². The minimum Gasteiger partial charge on any atom is -0.496 e. The van der Waals surface area contributed by atoms with Crippen molar-refractivity contribution in [2.75, 3.05) is 26.0 Å². The van der Waals surface area contributed by atoms with E-state index in [-0.39, 0.29) is 16.8 Å². The Hall–Kier alpha value is -1.52. The molecule has 1 saturated heterocycles. The summed E-state index contributed by atoms with van der Waals surface area (Å²) in [5.41, 5.74) is 1.46. The molecule has 43 heavy (non-hydrogen) atoms. The molecular formula is C34H56N2O5S2. The average molecular weight is 637 g/mol. The van der Waals surface area contributed by atoms with E-state index in [4.69, 9.17) is 19.0 Å². The van der Waals surface area contributed by atoms with E-state index in [9.17, 15) is 8.42 Å². The summed E-state index contributed by atoms with van der Waals surface area (Å²) in [6.45, 7) is 4.92. The number of aromatic nitrogens is 1. The van der Waals surface area contributed by atoms with Gasteiger partial charge in [0, 0.05) is 30.5 Å². The van der Waals surface area contributed by atoms with E-state index < -0.39 is 10.1 Å². The molecule has 1 aliphatic carbocycles. The van der Waals surface area contributed by atoms with E-state index in [1.807, 2.05) is 18.3 Å². The molecule has 2 fully saturated rings. The predicted molar refractivity (Wildman–Crippen MR) is 178 cm³/mol. The van der Waals surface area contributed by atoms with Crippen LogP contribution in [0.4, 0.5) is 0 Å². The van der Waals surface area contributed by atoms with Crippen LogP contribution in [0.1, 0.15) is 127 Å². The van der Waals surface area contributed by atoms with Gasteiger partial charge in [-0.1, -0.05) is 83.6 Å².